The van der Waals surface area contributed by atoms with E-state index in [1.165, 1.54) is 7.11 Å². The van der Waals surface area contributed by atoms with E-state index in [4.69, 9.17) is 21.1 Å². The zero-order chi connectivity index (χ0) is 22.5. The Kier molecular flexibility index (Phi) is 6.07. The monoisotopic (exact) mass is 440 g/mol. The van der Waals surface area contributed by atoms with Crippen molar-refractivity contribution < 1.29 is 9.47 Å². The van der Waals surface area contributed by atoms with Crippen molar-refractivity contribution >= 4 is 34.3 Å². The molecule has 0 atom stereocenters. The van der Waals surface area contributed by atoms with Gasteiger partial charge in [0.25, 0.3) is 0 Å². The summed E-state index contributed by atoms with van der Waals surface area (Å²) in [5, 5.41) is 19.3. The fraction of sp³-hybridized carbons (Fsp3) is 0.0800. The molecule has 6 nitrogen and oxygen atoms in total. The Bertz CT molecular complexity index is 1380. The molecule has 0 saturated carbocycles. The van der Waals surface area contributed by atoms with Crippen LogP contribution in [0.25, 0.3) is 22.7 Å². The van der Waals surface area contributed by atoms with Gasteiger partial charge in [-0.15, -0.1) is 0 Å². The molecule has 0 amide bonds. The average molecular weight is 441 g/mol. The summed E-state index contributed by atoms with van der Waals surface area (Å²) in [6.45, 7) is 0.164. The summed E-state index contributed by atoms with van der Waals surface area (Å²) in [5.74, 6) is 1.25. The van der Waals surface area contributed by atoms with Crippen LogP contribution in [0.5, 0.6) is 11.5 Å². The molecule has 7 heteroatoms. The zero-order valence-electron chi connectivity index (χ0n) is 17.1. The lowest BCUT2D eigenvalue weighted by atomic mass is 10.1. The van der Waals surface area contributed by atoms with Crippen LogP contribution < -0.4 is 9.47 Å². The first-order chi connectivity index (χ1) is 15.6. The number of imidazole rings is 1. The molecule has 0 bridgehead atoms. The molecule has 0 aliphatic heterocycles. The number of nitriles is 2. The van der Waals surface area contributed by atoms with Crippen molar-refractivity contribution in [1.29, 1.82) is 10.5 Å². The van der Waals surface area contributed by atoms with Crippen LogP contribution >= 0.6 is 11.6 Å². The number of aromatic amines is 1. The summed E-state index contributed by atoms with van der Waals surface area (Å²) < 4.78 is 11.4. The van der Waals surface area contributed by atoms with Gasteiger partial charge in [0.05, 0.1) is 40.4 Å². The number of fused-ring (bicyclic) bond motifs is 1. The van der Waals surface area contributed by atoms with E-state index < -0.39 is 0 Å². The van der Waals surface area contributed by atoms with Gasteiger partial charge in [-0.25, -0.2) is 4.98 Å². The van der Waals surface area contributed by atoms with Gasteiger partial charge in [0.15, 0.2) is 11.5 Å². The number of rotatable bonds is 6. The third kappa shape index (κ3) is 4.27. The molecule has 156 valence electrons. The molecule has 3 aromatic carbocycles. The topological polar surface area (TPSA) is 94.7 Å². The molecular formula is C25H17ClN4O2. The van der Waals surface area contributed by atoms with E-state index >= 15 is 0 Å². The van der Waals surface area contributed by atoms with Crippen LogP contribution in [0.3, 0.4) is 0 Å². The van der Waals surface area contributed by atoms with Crippen LogP contribution in [-0.4, -0.2) is 17.1 Å². The molecule has 0 unspecified atom stereocenters. The Labute approximate surface area is 189 Å². The maximum absolute atomic E-state index is 9.68. The summed E-state index contributed by atoms with van der Waals surface area (Å²) in [6.07, 6.45) is 1.68. The van der Waals surface area contributed by atoms with Crippen molar-refractivity contribution in [2.75, 3.05) is 7.11 Å². The van der Waals surface area contributed by atoms with E-state index in [9.17, 15) is 10.5 Å². The fourth-order valence-electron chi connectivity index (χ4n) is 3.27. The quantitative estimate of drug-likeness (QED) is 0.386. The van der Waals surface area contributed by atoms with Gasteiger partial charge in [-0.05, 0) is 42.0 Å². The van der Waals surface area contributed by atoms with E-state index in [0.717, 1.165) is 16.6 Å². The Morgan fingerprint density at radius 1 is 1.12 bits per heavy atom. The second-order valence-corrected chi connectivity index (χ2v) is 7.27. The van der Waals surface area contributed by atoms with Crippen LogP contribution in [0.2, 0.25) is 5.02 Å². The number of halogens is 1. The number of ether oxygens (including phenoxy) is 2. The van der Waals surface area contributed by atoms with Crippen LogP contribution in [0.4, 0.5) is 0 Å². The third-order valence-electron chi connectivity index (χ3n) is 4.84. The maximum Gasteiger partial charge on any atom is 0.180 e. The largest absolute Gasteiger partial charge is 0.493 e. The minimum Gasteiger partial charge on any atom is -0.493 e. The predicted molar refractivity (Wildman–Crippen MR) is 123 cm³/mol. The highest BCUT2D eigenvalue weighted by atomic mass is 35.5. The van der Waals surface area contributed by atoms with Crippen LogP contribution in [0.15, 0.2) is 60.7 Å². The predicted octanol–water partition coefficient (Wildman–Crippen LogP) is 5.74. The highest BCUT2D eigenvalue weighted by Crippen LogP contribution is 2.38. The van der Waals surface area contributed by atoms with Crippen LogP contribution in [0.1, 0.15) is 22.5 Å². The van der Waals surface area contributed by atoms with Crippen molar-refractivity contribution in [1.82, 2.24) is 9.97 Å². The van der Waals surface area contributed by atoms with Gasteiger partial charge >= 0.3 is 0 Å². The first-order valence-corrected chi connectivity index (χ1v) is 10.1. The standard InChI is InChI=1S/C25H17ClN4O2/c1-31-23-12-16(10-19(14-28)25-29-21-8-4-5-9-22(21)30-25)11-20(26)24(23)32-15-18-7-3-2-6-17(18)13-27/h2-12H,15H2,1H3,(H,29,30)/b19-10-. The zero-order valence-corrected chi connectivity index (χ0v) is 17.8. The van der Waals surface area contributed by atoms with E-state index in [1.807, 2.05) is 36.4 Å². The molecule has 0 fully saturated rings. The van der Waals surface area contributed by atoms with Gasteiger partial charge in [-0.1, -0.05) is 41.9 Å². The Morgan fingerprint density at radius 3 is 2.66 bits per heavy atom. The number of nitrogens with zero attached hydrogens (tertiary/aromatic N) is 3. The first kappa shape index (κ1) is 21.0. The number of H-pyrrole nitrogens is 1. The van der Waals surface area contributed by atoms with E-state index in [-0.39, 0.29) is 6.61 Å². The highest BCUT2D eigenvalue weighted by molar-refractivity contribution is 6.32. The Hall–Kier alpha value is -4.26. The maximum atomic E-state index is 9.68. The molecule has 1 aromatic heterocycles. The van der Waals surface area contributed by atoms with E-state index in [1.54, 1.807) is 30.3 Å². The molecule has 0 aliphatic rings. The van der Waals surface area contributed by atoms with Crippen molar-refractivity contribution in [3.8, 4) is 23.6 Å². The number of hydrogen-bond acceptors (Lipinski definition) is 5. The summed E-state index contributed by atoms with van der Waals surface area (Å²) in [6, 6.07) is 22.5. The van der Waals surface area contributed by atoms with Gasteiger partial charge < -0.3 is 14.5 Å². The second-order valence-electron chi connectivity index (χ2n) is 6.86. The van der Waals surface area contributed by atoms with Gasteiger partial charge in [0.2, 0.25) is 0 Å². The molecule has 0 radical (unpaired) electrons. The number of para-hydroxylation sites is 2. The molecule has 0 aliphatic carbocycles. The van der Waals surface area contributed by atoms with Gasteiger partial charge in [0, 0.05) is 5.56 Å². The molecule has 32 heavy (non-hydrogen) atoms. The number of benzene rings is 3. The third-order valence-corrected chi connectivity index (χ3v) is 5.12. The van der Waals surface area contributed by atoms with E-state index in [0.29, 0.717) is 39.0 Å². The molecule has 1 heterocycles. The van der Waals surface area contributed by atoms with Crippen molar-refractivity contribution in [2.24, 2.45) is 0 Å². The lowest BCUT2D eigenvalue weighted by Crippen LogP contribution is -2.01. The van der Waals surface area contributed by atoms with Gasteiger partial charge in [-0.3, -0.25) is 0 Å². The van der Waals surface area contributed by atoms with Gasteiger partial charge in [-0.2, -0.15) is 10.5 Å². The first-order valence-electron chi connectivity index (χ1n) is 9.68. The molecule has 0 saturated heterocycles. The minimum atomic E-state index is 0.164. The highest BCUT2D eigenvalue weighted by Gasteiger charge is 2.14. The summed E-state index contributed by atoms with van der Waals surface area (Å²) in [5.41, 5.74) is 3.92. The lowest BCUT2D eigenvalue weighted by molar-refractivity contribution is 0.284. The molecular weight excluding hydrogens is 424 g/mol. The molecule has 4 aromatic rings. The van der Waals surface area contributed by atoms with Crippen LogP contribution in [0, 0.1) is 22.7 Å². The number of nitrogens with one attached hydrogen (secondary N) is 1. The smallest absolute Gasteiger partial charge is 0.180 e. The van der Waals surface area contributed by atoms with Crippen molar-refractivity contribution in [3.05, 3.63) is 88.2 Å². The number of methoxy groups -OCH3 is 1. The average Bonchev–Trinajstić information content (AvgIpc) is 3.25. The second kappa shape index (κ2) is 9.26. The summed E-state index contributed by atoms with van der Waals surface area (Å²) >= 11 is 6.48. The summed E-state index contributed by atoms with van der Waals surface area (Å²) in [4.78, 5) is 7.63. The van der Waals surface area contributed by atoms with Crippen LogP contribution in [-0.2, 0) is 6.61 Å². The molecule has 4 rings (SSSR count). The summed E-state index contributed by atoms with van der Waals surface area (Å²) in [7, 11) is 1.51. The van der Waals surface area contributed by atoms with Crippen molar-refractivity contribution in [3.63, 3.8) is 0 Å². The SMILES string of the molecule is COc1cc(/C=C(/C#N)c2nc3ccccc3[nH]2)cc(Cl)c1OCc1ccccc1C#N. The molecule has 1 N–H and O–H groups in total. The van der Waals surface area contributed by atoms with E-state index in [2.05, 4.69) is 22.1 Å². The lowest BCUT2D eigenvalue weighted by Gasteiger charge is -2.14. The number of allylic oxidation sites excluding steroid dienone is 1. The van der Waals surface area contributed by atoms with Gasteiger partial charge in [0.1, 0.15) is 18.5 Å². The normalized spacial score (nSPS) is 11.1. The fourth-order valence-corrected chi connectivity index (χ4v) is 3.54. The Balaban J connectivity index is 1.65. The molecule has 0 spiro atoms. The minimum absolute atomic E-state index is 0.164. The van der Waals surface area contributed by atoms with Crippen molar-refractivity contribution in [2.45, 2.75) is 6.61 Å². The Morgan fingerprint density at radius 2 is 1.91 bits per heavy atom. The number of hydrogen-bond donors (Lipinski definition) is 1. The number of aromatic nitrogens is 2.